The van der Waals surface area contributed by atoms with Gasteiger partial charge in [-0.05, 0) is 51.3 Å². The molecule has 0 bridgehead atoms. The van der Waals surface area contributed by atoms with Gasteiger partial charge in [-0.15, -0.1) is 0 Å². The van der Waals surface area contributed by atoms with Gasteiger partial charge in [-0.25, -0.2) is 4.39 Å². The van der Waals surface area contributed by atoms with Crippen LogP contribution in [0.25, 0.3) is 0 Å². The highest BCUT2D eigenvalue weighted by atomic mass is 32.2. The predicted molar refractivity (Wildman–Crippen MR) is 74.6 cm³/mol. The Bertz CT molecular complexity index is 371. The van der Waals surface area contributed by atoms with E-state index in [9.17, 15) is 4.39 Å². The van der Waals surface area contributed by atoms with Crippen LogP contribution in [0.4, 0.5) is 4.39 Å². The summed E-state index contributed by atoms with van der Waals surface area (Å²) in [5.74, 6) is -0.132. The van der Waals surface area contributed by atoms with Gasteiger partial charge in [0.25, 0.3) is 0 Å². The van der Waals surface area contributed by atoms with Gasteiger partial charge in [-0.2, -0.15) is 0 Å². The first-order chi connectivity index (χ1) is 7.83. The molecule has 0 saturated carbocycles. The Balaban J connectivity index is 2.76. The van der Waals surface area contributed by atoms with Gasteiger partial charge in [0, 0.05) is 10.8 Å². The highest BCUT2D eigenvalue weighted by molar-refractivity contribution is 7.98. The number of hydrogen-bond donors (Lipinski definition) is 1. The Morgan fingerprint density at radius 3 is 2.47 bits per heavy atom. The van der Waals surface area contributed by atoms with Gasteiger partial charge in [0.05, 0.1) is 0 Å². The summed E-state index contributed by atoms with van der Waals surface area (Å²) >= 11 is 1.73. The normalized spacial score (nSPS) is 13.8. The molecule has 96 valence electrons. The van der Waals surface area contributed by atoms with Gasteiger partial charge in [0.1, 0.15) is 5.82 Å². The fourth-order valence-corrected chi connectivity index (χ4v) is 2.32. The minimum Gasteiger partial charge on any atom is -0.256 e. The lowest BCUT2D eigenvalue weighted by molar-refractivity contribution is 0.608. The van der Waals surface area contributed by atoms with Crippen molar-refractivity contribution in [3.05, 3.63) is 35.1 Å². The molecule has 1 rings (SSSR count). The van der Waals surface area contributed by atoms with Gasteiger partial charge < -0.3 is 0 Å². The highest BCUT2D eigenvalue weighted by Crippen LogP contribution is 2.27. The van der Waals surface area contributed by atoms with Crippen LogP contribution in [0, 0.1) is 12.7 Å². The maximum absolute atomic E-state index is 13.2. The average Bonchev–Trinajstić information content (AvgIpc) is 2.22. The third-order valence-corrected chi connectivity index (χ3v) is 3.51. The molecule has 0 aliphatic carbocycles. The van der Waals surface area contributed by atoms with Gasteiger partial charge >= 0.3 is 0 Å². The first-order valence-electron chi connectivity index (χ1n) is 6.03. The maximum atomic E-state index is 13.2. The van der Waals surface area contributed by atoms with E-state index in [4.69, 9.17) is 0 Å². The van der Waals surface area contributed by atoms with E-state index in [1.54, 1.807) is 18.0 Å². The minimum atomic E-state index is -0.132. The van der Waals surface area contributed by atoms with E-state index in [2.05, 4.69) is 32.4 Å². The number of halogens is 1. The van der Waals surface area contributed by atoms with Crippen molar-refractivity contribution in [1.82, 2.24) is 4.72 Å². The Morgan fingerprint density at radius 1 is 1.35 bits per heavy atom. The fraction of sp³-hybridized carbons (Fsp3) is 0.571. The molecule has 1 atom stereocenters. The third-order valence-electron chi connectivity index (χ3n) is 2.50. The topological polar surface area (TPSA) is 12.0 Å². The van der Waals surface area contributed by atoms with Crippen LogP contribution < -0.4 is 4.72 Å². The maximum Gasteiger partial charge on any atom is 0.126 e. The molecule has 0 aliphatic rings. The zero-order valence-corrected chi connectivity index (χ0v) is 12.1. The zero-order valence-electron chi connectivity index (χ0n) is 11.3. The molecule has 0 saturated heterocycles. The van der Waals surface area contributed by atoms with E-state index in [1.165, 1.54) is 0 Å². The lowest BCUT2D eigenvalue weighted by Gasteiger charge is -2.24. The Labute approximate surface area is 108 Å². The third kappa shape index (κ3) is 4.68. The Hall–Kier alpha value is -0.540. The standard InChI is InChI=1S/C14H22FNS/c1-6-13(16-17-14(3,4)5)11-7-8-12(15)10(2)9-11/h7-9,13,16H,6H2,1-5H3. The molecule has 1 aromatic carbocycles. The van der Waals surface area contributed by atoms with E-state index in [0.717, 1.165) is 12.0 Å². The van der Waals surface area contributed by atoms with Crippen molar-refractivity contribution in [3.63, 3.8) is 0 Å². The number of aryl methyl sites for hydroxylation is 1. The highest BCUT2D eigenvalue weighted by Gasteiger charge is 2.16. The Morgan fingerprint density at radius 2 is 2.00 bits per heavy atom. The summed E-state index contributed by atoms with van der Waals surface area (Å²) in [6.45, 7) is 10.5. The summed E-state index contributed by atoms with van der Waals surface area (Å²) < 4.78 is 16.9. The molecule has 1 aromatic rings. The summed E-state index contributed by atoms with van der Waals surface area (Å²) in [6.07, 6.45) is 0.994. The monoisotopic (exact) mass is 255 g/mol. The van der Waals surface area contributed by atoms with Crippen molar-refractivity contribution in [2.45, 2.75) is 51.8 Å². The molecule has 0 fully saturated rings. The zero-order chi connectivity index (χ0) is 13.1. The quantitative estimate of drug-likeness (QED) is 0.788. The molecular weight excluding hydrogens is 233 g/mol. The number of benzene rings is 1. The molecule has 0 aliphatic heterocycles. The van der Waals surface area contributed by atoms with Crippen molar-refractivity contribution in [1.29, 1.82) is 0 Å². The van der Waals surface area contributed by atoms with Gasteiger partial charge in [0.2, 0.25) is 0 Å². The lowest BCUT2D eigenvalue weighted by atomic mass is 10.0. The minimum absolute atomic E-state index is 0.132. The molecule has 1 nitrogen and oxygen atoms in total. The van der Waals surface area contributed by atoms with Crippen LogP contribution >= 0.6 is 11.9 Å². The fourth-order valence-electron chi connectivity index (χ4n) is 1.52. The molecule has 0 aromatic heterocycles. The summed E-state index contributed by atoms with van der Waals surface area (Å²) in [7, 11) is 0. The van der Waals surface area contributed by atoms with Crippen molar-refractivity contribution < 1.29 is 4.39 Å². The second kappa shape index (κ2) is 5.87. The van der Waals surface area contributed by atoms with E-state index >= 15 is 0 Å². The van der Waals surface area contributed by atoms with Crippen LogP contribution in [0.3, 0.4) is 0 Å². The van der Waals surface area contributed by atoms with Crippen LogP contribution in [0.1, 0.15) is 51.3 Å². The number of hydrogen-bond acceptors (Lipinski definition) is 2. The van der Waals surface area contributed by atoms with Crippen LogP contribution in [0.15, 0.2) is 18.2 Å². The molecular formula is C14H22FNS. The van der Waals surface area contributed by atoms with Gasteiger partial charge in [-0.3, -0.25) is 4.72 Å². The molecule has 0 spiro atoms. The van der Waals surface area contributed by atoms with Crippen LogP contribution in [-0.2, 0) is 0 Å². The summed E-state index contributed by atoms with van der Waals surface area (Å²) in [5, 5.41) is 0. The van der Waals surface area contributed by atoms with Gasteiger partial charge in [-0.1, -0.05) is 31.0 Å². The molecule has 3 heteroatoms. The van der Waals surface area contributed by atoms with Crippen molar-refractivity contribution in [2.24, 2.45) is 0 Å². The number of rotatable bonds is 4. The van der Waals surface area contributed by atoms with Gasteiger partial charge in [0.15, 0.2) is 0 Å². The molecule has 0 radical (unpaired) electrons. The summed E-state index contributed by atoms with van der Waals surface area (Å²) in [4.78, 5) is 0. The first-order valence-corrected chi connectivity index (χ1v) is 6.84. The summed E-state index contributed by atoms with van der Waals surface area (Å²) in [5.41, 5.74) is 1.87. The van der Waals surface area contributed by atoms with Crippen molar-refractivity contribution in [2.75, 3.05) is 0 Å². The molecule has 0 heterocycles. The van der Waals surface area contributed by atoms with E-state index in [-0.39, 0.29) is 16.6 Å². The predicted octanol–water partition coefficient (Wildman–Crippen LogP) is 4.62. The second-order valence-corrected chi connectivity index (χ2v) is 6.97. The lowest BCUT2D eigenvalue weighted by Crippen LogP contribution is -2.21. The van der Waals surface area contributed by atoms with Crippen LogP contribution in [0.5, 0.6) is 0 Å². The number of nitrogens with one attached hydrogen (secondary N) is 1. The van der Waals surface area contributed by atoms with Crippen molar-refractivity contribution >= 4 is 11.9 Å². The molecule has 1 unspecified atom stereocenters. The molecule has 17 heavy (non-hydrogen) atoms. The smallest absolute Gasteiger partial charge is 0.126 e. The van der Waals surface area contributed by atoms with E-state index in [0.29, 0.717) is 5.56 Å². The SMILES string of the molecule is CCC(NSC(C)(C)C)c1ccc(F)c(C)c1. The second-order valence-electron chi connectivity index (χ2n) is 5.30. The van der Waals surface area contributed by atoms with Crippen LogP contribution in [-0.4, -0.2) is 4.75 Å². The van der Waals surface area contributed by atoms with E-state index in [1.807, 2.05) is 19.1 Å². The van der Waals surface area contributed by atoms with E-state index < -0.39 is 0 Å². The summed E-state index contributed by atoms with van der Waals surface area (Å²) in [6, 6.07) is 5.63. The molecule has 0 amide bonds. The Kier molecular flexibility index (Phi) is 5.02. The van der Waals surface area contributed by atoms with Crippen LogP contribution in [0.2, 0.25) is 0 Å². The van der Waals surface area contributed by atoms with Crippen molar-refractivity contribution in [3.8, 4) is 0 Å². The largest absolute Gasteiger partial charge is 0.256 e. The average molecular weight is 255 g/mol. The first kappa shape index (κ1) is 14.5. The molecule has 1 N–H and O–H groups in total.